The van der Waals surface area contributed by atoms with Crippen LogP contribution in [0.1, 0.15) is 107 Å². The minimum Gasteiger partial charge on any atom is -0.481 e. The van der Waals surface area contributed by atoms with Crippen molar-refractivity contribution in [2.24, 2.45) is 23.2 Å². The maximum atomic E-state index is 13.2. The third kappa shape index (κ3) is 9.03. The summed E-state index contributed by atoms with van der Waals surface area (Å²) in [5.41, 5.74) is -0.301. The SMILES string of the molecule is CC(C)[C@@H]1CC[C@@H](C)C[C@@]12OCC[C@@H](C[C@H](OC(=O)C[C@H](CC(=O)O)O[Si](C)(C)C(C)(C)C)C(C)(C)C)O2. The molecule has 38 heavy (non-hydrogen) atoms. The summed E-state index contributed by atoms with van der Waals surface area (Å²) in [5, 5.41) is 9.38. The molecule has 0 radical (unpaired) electrons. The highest BCUT2D eigenvalue weighted by Gasteiger charge is 2.50. The number of carboxylic acid groups (broad SMARTS) is 1. The number of ether oxygens (including phenoxy) is 3. The summed E-state index contributed by atoms with van der Waals surface area (Å²) in [6, 6.07) is 0. The van der Waals surface area contributed by atoms with Crippen LogP contribution in [0.5, 0.6) is 0 Å². The smallest absolute Gasteiger partial charge is 0.308 e. The van der Waals surface area contributed by atoms with E-state index < -0.39 is 32.1 Å². The van der Waals surface area contributed by atoms with Crippen LogP contribution >= 0.6 is 0 Å². The monoisotopic (exact) mass is 556 g/mol. The second-order valence-corrected chi connectivity index (χ2v) is 19.6. The average molecular weight is 557 g/mol. The van der Waals surface area contributed by atoms with E-state index in [4.69, 9.17) is 18.6 Å². The molecular formula is C30H56O7Si. The fourth-order valence-corrected chi connectivity index (χ4v) is 6.98. The predicted molar refractivity (Wildman–Crippen MR) is 152 cm³/mol. The molecule has 1 N–H and O–H groups in total. The first-order valence-corrected chi connectivity index (χ1v) is 17.6. The van der Waals surface area contributed by atoms with Gasteiger partial charge in [-0.1, -0.05) is 68.7 Å². The maximum Gasteiger partial charge on any atom is 0.308 e. The Labute approximate surface area is 232 Å². The lowest BCUT2D eigenvalue weighted by Gasteiger charge is -2.51. The second-order valence-electron chi connectivity index (χ2n) is 14.8. The van der Waals surface area contributed by atoms with Gasteiger partial charge in [0.25, 0.3) is 0 Å². The lowest BCUT2D eigenvalue weighted by atomic mass is 9.72. The van der Waals surface area contributed by atoms with Crippen molar-refractivity contribution >= 4 is 20.3 Å². The Balaban J connectivity index is 2.14. The van der Waals surface area contributed by atoms with Crippen molar-refractivity contribution in [1.82, 2.24) is 0 Å². The van der Waals surface area contributed by atoms with Crippen molar-refractivity contribution in [2.75, 3.05) is 6.61 Å². The van der Waals surface area contributed by atoms with E-state index in [1.165, 1.54) is 6.42 Å². The fraction of sp³-hybridized carbons (Fsp3) is 0.933. The molecule has 0 unspecified atom stereocenters. The number of hydrogen-bond donors (Lipinski definition) is 1. The minimum absolute atomic E-state index is 0.0642. The first-order valence-electron chi connectivity index (χ1n) is 14.7. The van der Waals surface area contributed by atoms with E-state index in [9.17, 15) is 14.7 Å². The highest BCUT2D eigenvalue weighted by atomic mass is 28.4. The van der Waals surface area contributed by atoms with E-state index >= 15 is 0 Å². The molecule has 0 bridgehead atoms. The molecule has 0 aromatic heterocycles. The van der Waals surface area contributed by atoms with Gasteiger partial charge in [-0.3, -0.25) is 9.59 Å². The van der Waals surface area contributed by atoms with Crippen molar-refractivity contribution in [3.05, 3.63) is 0 Å². The Morgan fingerprint density at radius 2 is 1.68 bits per heavy atom. The van der Waals surface area contributed by atoms with Crippen molar-refractivity contribution in [3.8, 4) is 0 Å². The quantitative estimate of drug-likeness (QED) is 0.225. The number of aliphatic carboxylic acids is 1. The molecule has 1 saturated carbocycles. The second kappa shape index (κ2) is 12.7. The molecule has 0 aromatic rings. The molecule has 1 aliphatic heterocycles. The lowest BCUT2D eigenvalue weighted by Crippen LogP contribution is -2.55. The van der Waals surface area contributed by atoms with Gasteiger partial charge in [0.15, 0.2) is 14.1 Å². The van der Waals surface area contributed by atoms with Gasteiger partial charge in [0.05, 0.1) is 31.7 Å². The molecule has 0 amide bonds. The minimum atomic E-state index is -2.26. The third-order valence-electron chi connectivity index (χ3n) is 8.91. The molecule has 1 saturated heterocycles. The molecule has 1 aliphatic carbocycles. The van der Waals surface area contributed by atoms with Crippen LogP contribution in [-0.2, 0) is 28.2 Å². The summed E-state index contributed by atoms with van der Waals surface area (Å²) in [5.74, 6) is -0.595. The molecule has 7 nitrogen and oxygen atoms in total. The first kappa shape index (κ1) is 33.2. The largest absolute Gasteiger partial charge is 0.481 e. The molecule has 1 heterocycles. The Morgan fingerprint density at radius 1 is 1.05 bits per heavy atom. The highest BCUT2D eigenvalue weighted by Crippen LogP contribution is 2.47. The van der Waals surface area contributed by atoms with E-state index in [1.807, 2.05) is 0 Å². The van der Waals surface area contributed by atoms with Crippen LogP contribution in [0.3, 0.4) is 0 Å². The van der Waals surface area contributed by atoms with Gasteiger partial charge in [-0.25, -0.2) is 0 Å². The number of carbonyl (C=O) groups is 2. The molecule has 1 spiro atoms. The molecular weight excluding hydrogens is 500 g/mol. The van der Waals surface area contributed by atoms with Gasteiger partial charge in [-0.15, -0.1) is 0 Å². The van der Waals surface area contributed by atoms with Crippen LogP contribution in [0.25, 0.3) is 0 Å². The molecule has 8 heteroatoms. The van der Waals surface area contributed by atoms with E-state index in [1.54, 1.807) is 0 Å². The van der Waals surface area contributed by atoms with Crippen molar-refractivity contribution < 1.29 is 33.3 Å². The number of carboxylic acids is 1. The number of esters is 1. The first-order chi connectivity index (χ1) is 17.3. The normalized spacial score (nSPS) is 28.8. The molecule has 6 atom stereocenters. The molecule has 222 valence electrons. The van der Waals surface area contributed by atoms with Crippen LogP contribution in [0.4, 0.5) is 0 Å². The standard InChI is InChI=1S/C30H56O7Si/c1-20(2)24-13-12-21(3)19-30(24)34-15-14-22(36-30)16-25(28(4,5)6)35-27(33)18-23(17-26(31)32)37-38(10,11)29(7,8)9/h20-25H,12-19H2,1-11H3,(H,31,32)/t21-,22+,23+,24+,25+,30+/m1/s1. The van der Waals surface area contributed by atoms with Crippen LogP contribution in [-0.4, -0.2) is 56.1 Å². The zero-order valence-electron chi connectivity index (χ0n) is 26.0. The van der Waals surface area contributed by atoms with Crippen LogP contribution in [0.2, 0.25) is 18.1 Å². The summed E-state index contributed by atoms with van der Waals surface area (Å²) in [6.07, 6.45) is 3.11. The van der Waals surface area contributed by atoms with E-state index in [0.717, 1.165) is 19.3 Å². The van der Waals surface area contributed by atoms with Crippen LogP contribution in [0.15, 0.2) is 0 Å². The van der Waals surface area contributed by atoms with Gasteiger partial charge in [0, 0.05) is 18.8 Å². The summed E-state index contributed by atoms with van der Waals surface area (Å²) >= 11 is 0. The van der Waals surface area contributed by atoms with Crippen LogP contribution < -0.4 is 0 Å². The lowest BCUT2D eigenvalue weighted by molar-refractivity contribution is -0.341. The van der Waals surface area contributed by atoms with Gasteiger partial charge < -0.3 is 23.7 Å². The molecule has 0 aromatic carbocycles. The Kier molecular flexibility index (Phi) is 11.1. The summed E-state index contributed by atoms with van der Waals surface area (Å²) in [4.78, 5) is 24.8. The van der Waals surface area contributed by atoms with E-state index in [-0.39, 0.29) is 35.5 Å². The van der Waals surface area contributed by atoms with Crippen LogP contribution in [0, 0.1) is 23.2 Å². The Hall–Kier alpha value is -0.963. The molecule has 2 aliphatic rings. The third-order valence-corrected chi connectivity index (χ3v) is 13.4. The summed E-state index contributed by atoms with van der Waals surface area (Å²) in [7, 11) is -2.26. The highest BCUT2D eigenvalue weighted by molar-refractivity contribution is 6.74. The van der Waals surface area contributed by atoms with Gasteiger partial charge >= 0.3 is 11.9 Å². The Morgan fingerprint density at radius 3 is 2.21 bits per heavy atom. The maximum absolute atomic E-state index is 13.2. The summed E-state index contributed by atoms with van der Waals surface area (Å²) < 4.78 is 25.6. The van der Waals surface area contributed by atoms with Gasteiger partial charge in [0.2, 0.25) is 0 Å². The predicted octanol–water partition coefficient (Wildman–Crippen LogP) is 7.18. The van der Waals surface area contributed by atoms with E-state index in [0.29, 0.717) is 30.8 Å². The number of rotatable bonds is 10. The zero-order valence-corrected chi connectivity index (χ0v) is 27.0. The number of carbonyl (C=O) groups excluding carboxylic acids is 1. The average Bonchev–Trinajstić information content (AvgIpc) is 2.70. The van der Waals surface area contributed by atoms with Crippen molar-refractivity contribution in [2.45, 2.75) is 149 Å². The summed E-state index contributed by atoms with van der Waals surface area (Å²) in [6.45, 7) is 24.1. The molecule has 2 rings (SSSR count). The Bertz CT molecular complexity index is 797. The van der Waals surface area contributed by atoms with Gasteiger partial charge in [0.1, 0.15) is 6.10 Å². The van der Waals surface area contributed by atoms with Gasteiger partial charge in [-0.05, 0) is 48.2 Å². The number of hydrogen-bond acceptors (Lipinski definition) is 6. The van der Waals surface area contributed by atoms with Gasteiger partial charge in [-0.2, -0.15) is 0 Å². The fourth-order valence-electron chi connectivity index (χ4n) is 5.62. The van der Waals surface area contributed by atoms with Crippen molar-refractivity contribution in [3.63, 3.8) is 0 Å². The van der Waals surface area contributed by atoms with E-state index in [2.05, 4.69) is 75.4 Å². The zero-order chi connectivity index (χ0) is 29.1. The topological polar surface area (TPSA) is 91.3 Å². The molecule has 2 fully saturated rings. The van der Waals surface area contributed by atoms with Crippen molar-refractivity contribution in [1.29, 1.82) is 0 Å².